The van der Waals surface area contributed by atoms with E-state index < -0.39 is 17.9 Å². The van der Waals surface area contributed by atoms with Gasteiger partial charge in [-0.05, 0) is 18.1 Å². The summed E-state index contributed by atoms with van der Waals surface area (Å²) < 4.78 is 9.93. The number of halogens is 2. The van der Waals surface area contributed by atoms with Crippen LogP contribution in [-0.4, -0.2) is 31.6 Å². The summed E-state index contributed by atoms with van der Waals surface area (Å²) in [6.45, 7) is 3.33. The third-order valence-electron chi connectivity index (χ3n) is 2.69. The lowest BCUT2D eigenvalue weighted by Gasteiger charge is -2.19. The highest BCUT2D eigenvalue weighted by molar-refractivity contribution is 6.34. The minimum atomic E-state index is -0.721. The Bertz CT molecular complexity index is 520. The van der Waals surface area contributed by atoms with Gasteiger partial charge in [-0.3, -0.25) is 4.79 Å². The van der Waals surface area contributed by atoms with Crippen molar-refractivity contribution in [3.8, 4) is 5.75 Å². The van der Waals surface area contributed by atoms with Crippen molar-refractivity contribution in [2.75, 3.05) is 13.7 Å². The Morgan fingerprint density at radius 3 is 2.52 bits per heavy atom. The zero-order chi connectivity index (χ0) is 16.0. The van der Waals surface area contributed by atoms with Crippen LogP contribution in [-0.2, 0) is 14.3 Å². The molecular formula is C14H17Cl2NO4. The summed E-state index contributed by atoms with van der Waals surface area (Å²) in [6.07, 6.45) is 0. The number of esters is 1. The van der Waals surface area contributed by atoms with Crippen molar-refractivity contribution in [3.05, 3.63) is 28.2 Å². The number of carbonyl (C=O) groups excluding carboxylic acids is 2. The Morgan fingerprint density at radius 1 is 1.29 bits per heavy atom. The number of amides is 1. The van der Waals surface area contributed by atoms with Gasteiger partial charge in [0.05, 0.1) is 12.1 Å². The maximum atomic E-state index is 11.8. The lowest BCUT2D eigenvalue weighted by molar-refractivity contribution is -0.146. The SMILES string of the molecule is COC(=O)C(NC(=O)COc1cc(Cl)ccc1Cl)C(C)C. The third-order valence-corrected chi connectivity index (χ3v) is 3.24. The minimum Gasteiger partial charge on any atom is -0.482 e. The molecule has 0 heterocycles. The molecule has 1 rings (SSSR count). The molecule has 0 aromatic heterocycles. The summed E-state index contributed by atoms with van der Waals surface area (Å²) >= 11 is 11.7. The van der Waals surface area contributed by atoms with Crippen LogP contribution in [0.1, 0.15) is 13.8 Å². The molecule has 0 aliphatic rings. The van der Waals surface area contributed by atoms with Crippen LogP contribution < -0.4 is 10.1 Å². The molecule has 0 saturated carbocycles. The molecule has 0 radical (unpaired) electrons. The molecule has 7 heteroatoms. The van der Waals surface area contributed by atoms with Crippen LogP contribution in [0.2, 0.25) is 10.0 Å². The number of methoxy groups -OCH3 is 1. The lowest BCUT2D eigenvalue weighted by atomic mass is 10.0. The van der Waals surface area contributed by atoms with Gasteiger partial charge in [0, 0.05) is 11.1 Å². The average Bonchev–Trinajstić information content (AvgIpc) is 2.44. The molecule has 21 heavy (non-hydrogen) atoms. The molecule has 1 atom stereocenters. The van der Waals surface area contributed by atoms with Gasteiger partial charge in [-0.2, -0.15) is 0 Å². The summed E-state index contributed by atoms with van der Waals surface area (Å²) in [7, 11) is 1.27. The quantitative estimate of drug-likeness (QED) is 0.813. The topological polar surface area (TPSA) is 64.6 Å². The molecule has 116 valence electrons. The fraction of sp³-hybridized carbons (Fsp3) is 0.429. The number of carbonyl (C=O) groups is 2. The molecule has 1 amide bonds. The van der Waals surface area contributed by atoms with Gasteiger partial charge < -0.3 is 14.8 Å². The molecule has 0 spiro atoms. The van der Waals surface area contributed by atoms with Gasteiger partial charge in [0.15, 0.2) is 6.61 Å². The Balaban J connectivity index is 2.61. The molecule has 5 nitrogen and oxygen atoms in total. The molecule has 1 aromatic rings. The first-order valence-corrected chi connectivity index (χ1v) is 7.05. The van der Waals surface area contributed by atoms with Gasteiger partial charge in [0.2, 0.25) is 0 Å². The zero-order valence-corrected chi connectivity index (χ0v) is 13.5. The average molecular weight is 334 g/mol. The van der Waals surface area contributed by atoms with Crippen molar-refractivity contribution in [2.24, 2.45) is 5.92 Å². The van der Waals surface area contributed by atoms with Gasteiger partial charge in [-0.15, -0.1) is 0 Å². The number of nitrogens with one attached hydrogen (secondary N) is 1. The molecular weight excluding hydrogens is 317 g/mol. The van der Waals surface area contributed by atoms with E-state index in [9.17, 15) is 9.59 Å². The predicted molar refractivity (Wildman–Crippen MR) is 80.7 cm³/mol. The van der Waals surface area contributed by atoms with Crippen LogP contribution in [0.4, 0.5) is 0 Å². The van der Waals surface area contributed by atoms with Crippen LogP contribution in [0, 0.1) is 5.92 Å². The van der Waals surface area contributed by atoms with E-state index in [1.165, 1.54) is 13.2 Å². The van der Waals surface area contributed by atoms with Gasteiger partial charge in [0.1, 0.15) is 11.8 Å². The highest BCUT2D eigenvalue weighted by Crippen LogP contribution is 2.27. The van der Waals surface area contributed by atoms with Crippen molar-refractivity contribution in [1.82, 2.24) is 5.32 Å². The van der Waals surface area contributed by atoms with E-state index >= 15 is 0 Å². The zero-order valence-electron chi connectivity index (χ0n) is 12.0. The van der Waals surface area contributed by atoms with Crippen LogP contribution in [0.25, 0.3) is 0 Å². The van der Waals surface area contributed by atoms with E-state index in [-0.39, 0.29) is 12.5 Å². The smallest absolute Gasteiger partial charge is 0.328 e. The molecule has 0 saturated heterocycles. The first-order chi connectivity index (χ1) is 9.85. The van der Waals surface area contributed by atoms with Gasteiger partial charge in [-0.1, -0.05) is 37.0 Å². The summed E-state index contributed by atoms with van der Waals surface area (Å²) in [5.74, 6) is -0.746. The first kappa shape index (κ1) is 17.6. The number of rotatable bonds is 6. The standard InChI is InChI=1S/C14H17Cl2NO4/c1-8(2)13(14(19)20-3)17-12(18)7-21-11-6-9(15)4-5-10(11)16/h4-6,8,13H,7H2,1-3H3,(H,17,18). The van der Waals surface area contributed by atoms with Crippen molar-refractivity contribution in [3.63, 3.8) is 0 Å². The first-order valence-electron chi connectivity index (χ1n) is 6.30. The van der Waals surface area contributed by atoms with Crippen LogP contribution in [0.15, 0.2) is 18.2 Å². The van der Waals surface area contributed by atoms with Crippen LogP contribution in [0.5, 0.6) is 5.75 Å². The van der Waals surface area contributed by atoms with E-state index in [1.807, 2.05) is 0 Å². The van der Waals surface area contributed by atoms with Crippen LogP contribution in [0.3, 0.4) is 0 Å². The summed E-state index contributed by atoms with van der Waals surface area (Å²) in [4.78, 5) is 23.4. The third kappa shape index (κ3) is 5.44. The fourth-order valence-electron chi connectivity index (χ4n) is 1.57. The molecule has 1 aromatic carbocycles. The minimum absolute atomic E-state index is 0.101. The molecule has 0 bridgehead atoms. The van der Waals surface area contributed by atoms with Crippen molar-refractivity contribution >= 4 is 35.1 Å². The molecule has 0 aliphatic carbocycles. The Morgan fingerprint density at radius 2 is 1.95 bits per heavy atom. The summed E-state index contributed by atoms with van der Waals surface area (Å²) in [5, 5.41) is 3.35. The monoisotopic (exact) mass is 333 g/mol. The van der Waals surface area contributed by atoms with Crippen LogP contribution >= 0.6 is 23.2 Å². The fourth-order valence-corrected chi connectivity index (χ4v) is 1.91. The highest BCUT2D eigenvalue weighted by Gasteiger charge is 2.25. The Kier molecular flexibility index (Phi) is 6.78. The van der Waals surface area contributed by atoms with Gasteiger partial charge in [0.25, 0.3) is 5.91 Å². The predicted octanol–water partition coefficient (Wildman–Crippen LogP) is 2.69. The second kappa shape index (κ2) is 8.10. The van der Waals surface area contributed by atoms with Gasteiger partial charge >= 0.3 is 5.97 Å². The van der Waals surface area contributed by atoms with E-state index in [0.29, 0.717) is 15.8 Å². The lowest BCUT2D eigenvalue weighted by Crippen LogP contribution is -2.46. The maximum absolute atomic E-state index is 11.8. The van der Waals surface area contributed by atoms with Crippen molar-refractivity contribution < 1.29 is 19.1 Å². The normalized spacial score (nSPS) is 11.9. The number of benzene rings is 1. The van der Waals surface area contributed by atoms with Crippen molar-refractivity contribution in [1.29, 1.82) is 0 Å². The Hall–Kier alpha value is -1.46. The van der Waals surface area contributed by atoms with E-state index in [1.54, 1.807) is 26.0 Å². The largest absolute Gasteiger partial charge is 0.482 e. The maximum Gasteiger partial charge on any atom is 0.328 e. The number of hydrogen-bond donors (Lipinski definition) is 1. The molecule has 0 fully saturated rings. The van der Waals surface area contributed by atoms with E-state index in [0.717, 1.165) is 0 Å². The number of hydrogen-bond acceptors (Lipinski definition) is 4. The number of ether oxygens (including phenoxy) is 2. The molecule has 1 N–H and O–H groups in total. The molecule has 0 aliphatic heterocycles. The Labute approximate surface area is 133 Å². The van der Waals surface area contributed by atoms with Gasteiger partial charge in [-0.25, -0.2) is 4.79 Å². The summed E-state index contributed by atoms with van der Waals surface area (Å²) in [6, 6.07) is 3.98. The molecule has 1 unspecified atom stereocenters. The van der Waals surface area contributed by atoms with E-state index in [2.05, 4.69) is 10.1 Å². The van der Waals surface area contributed by atoms with Crippen molar-refractivity contribution in [2.45, 2.75) is 19.9 Å². The second-order valence-electron chi connectivity index (χ2n) is 4.68. The summed E-state index contributed by atoms with van der Waals surface area (Å²) in [5.41, 5.74) is 0. The van der Waals surface area contributed by atoms with E-state index in [4.69, 9.17) is 27.9 Å². The highest BCUT2D eigenvalue weighted by atomic mass is 35.5. The second-order valence-corrected chi connectivity index (χ2v) is 5.52.